The number of esters is 1. The summed E-state index contributed by atoms with van der Waals surface area (Å²) < 4.78 is 9.98. The quantitative estimate of drug-likeness (QED) is 0.443. The minimum Gasteiger partial charge on any atom is -0.497 e. The summed E-state index contributed by atoms with van der Waals surface area (Å²) in [6.07, 6.45) is 0.778. The lowest BCUT2D eigenvalue weighted by atomic mass is 9.98. The van der Waals surface area contributed by atoms with Crippen molar-refractivity contribution in [2.75, 3.05) is 14.2 Å². The van der Waals surface area contributed by atoms with Gasteiger partial charge in [0.05, 0.1) is 42.8 Å². The monoisotopic (exact) mass is 422 g/mol. The Bertz CT molecular complexity index is 1310. The van der Waals surface area contributed by atoms with E-state index in [4.69, 9.17) is 14.5 Å². The lowest BCUT2D eigenvalue weighted by Crippen LogP contribution is -2.03. The first-order valence-corrected chi connectivity index (χ1v) is 9.75. The van der Waals surface area contributed by atoms with Gasteiger partial charge in [0.2, 0.25) is 0 Å². The average molecular weight is 422 g/mol. The largest absolute Gasteiger partial charge is 0.497 e. The Morgan fingerprint density at radius 1 is 0.969 bits per heavy atom. The van der Waals surface area contributed by atoms with Gasteiger partial charge in [-0.2, -0.15) is 5.26 Å². The molecule has 0 saturated heterocycles. The molecule has 0 atom stereocenters. The molecule has 0 radical (unpaired) electrons. The maximum absolute atomic E-state index is 12.2. The third-order valence-electron chi connectivity index (χ3n) is 5.23. The van der Waals surface area contributed by atoms with Gasteiger partial charge in [0.1, 0.15) is 5.75 Å². The number of benzene rings is 3. The highest BCUT2D eigenvalue weighted by atomic mass is 16.5. The molecule has 1 aliphatic carbocycles. The van der Waals surface area contributed by atoms with E-state index in [0.717, 1.165) is 17.4 Å². The molecule has 0 aliphatic heterocycles. The molecule has 3 aromatic rings. The van der Waals surface area contributed by atoms with Crippen LogP contribution in [0.2, 0.25) is 0 Å². The number of ether oxygens (including phenoxy) is 2. The molecule has 0 N–H and O–H groups in total. The van der Waals surface area contributed by atoms with Crippen LogP contribution >= 0.6 is 0 Å². The summed E-state index contributed by atoms with van der Waals surface area (Å²) in [7, 11) is 2.92. The zero-order valence-corrected chi connectivity index (χ0v) is 17.5. The molecule has 0 unspecified atom stereocenters. The number of methoxy groups -OCH3 is 2. The van der Waals surface area contributed by atoms with Gasteiger partial charge in [-0.25, -0.2) is 9.79 Å². The number of nitriles is 1. The van der Waals surface area contributed by atoms with Crippen LogP contribution in [-0.2, 0) is 9.53 Å². The van der Waals surface area contributed by atoms with Crippen molar-refractivity contribution in [3.8, 4) is 11.8 Å². The maximum Gasteiger partial charge on any atom is 0.337 e. The van der Waals surface area contributed by atoms with Crippen molar-refractivity contribution in [3.63, 3.8) is 0 Å². The standard InChI is InChI=1S/C26H18N2O4/c1-31-20-10-8-19(9-11-20)28-25-21-12-3-16(14-27)13-22(21)23(15-29)24(25)17-4-6-18(7-5-17)26(30)32-2/h3-13,15H,1-2H3. The van der Waals surface area contributed by atoms with Crippen molar-refractivity contribution in [3.05, 3.63) is 94.5 Å². The second-order valence-corrected chi connectivity index (χ2v) is 7.01. The topological polar surface area (TPSA) is 88.8 Å². The van der Waals surface area contributed by atoms with Gasteiger partial charge in [-0.15, -0.1) is 0 Å². The van der Waals surface area contributed by atoms with E-state index >= 15 is 0 Å². The fraction of sp³-hybridized carbons (Fsp3) is 0.0769. The molecule has 4 rings (SSSR count). The van der Waals surface area contributed by atoms with Crippen molar-refractivity contribution in [1.82, 2.24) is 0 Å². The van der Waals surface area contributed by atoms with Crippen LogP contribution in [0, 0.1) is 11.3 Å². The number of nitrogens with zero attached hydrogens (tertiary/aromatic N) is 2. The van der Waals surface area contributed by atoms with Gasteiger partial charge < -0.3 is 9.47 Å². The fourth-order valence-electron chi connectivity index (χ4n) is 3.65. The van der Waals surface area contributed by atoms with Gasteiger partial charge in [0.25, 0.3) is 0 Å². The number of hydrogen-bond acceptors (Lipinski definition) is 6. The van der Waals surface area contributed by atoms with Gasteiger partial charge >= 0.3 is 5.97 Å². The molecule has 0 fully saturated rings. The van der Waals surface area contributed by atoms with Crippen LogP contribution in [-0.4, -0.2) is 32.2 Å². The highest BCUT2D eigenvalue weighted by Crippen LogP contribution is 2.39. The van der Waals surface area contributed by atoms with Crippen LogP contribution in [0.25, 0.3) is 11.1 Å². The second kappa shape index (κ2) is 8.70. The summed E-state index contributed by atoms with van der Waals surface area (Å²) in [6.45, 7) is 0. The first-order chi connectivity index (χ1) is 15.6. The van der Waals surface area contributed by atoms with E-state index in [9.17, 15) is 14.9 Å². The molecule has 3 aromatic carbocycles. The molecule has 0 aromatic heterocycles. The zero-order valence-electron chi connectivity index (χ0n) is 17.5. The lowest BCUT2D eigenvalue weighted by molar-refractivity contribution is -0.103. The molecule has 0 bridgehead atoms. The second-order valence-electron chi connectivity index (χ2n) is 7.01. The van der Waals surface area contributed by atoms with Crippen LogP contribution in [0.15, 0.2) is 71.7 Å². The first-order valence-electron chi connectivity index (χ1n) is 9.75. The SMILES string of the molecule is COC(=O)c1ccc(C2=C(C=O)c3cc(C#N)ccc3C2=Nc2ccc(OC)cc2)cc1. The van der Waals surface area contributed by atoms with Crippen molar-refractivity contribution >= 4 is 34.8 Å². The van der Waals surface area contributed by atoms with Crippen LogP contribution in [0.3, 0.4) is 0 Å². The van der Waals surface area contributed by atoms with Gasteiger partial charge in [-0.1, -0.05) is 18.2 Å². The van der Waals surface area contributed by atoms with Crippen molar-refractivity contribution in [2.24, 2.45) is 4.99 Å². The molecule has 0 amide bonds. The summed E-state index contributed by atoms with van der Waals surface area (Å²) in [5.41, 5.74) is 5.37. The van der Waals surface area contributed by atoms with Crippen molar-refractivity contribution < 1.29 is 19.1 Å². The van der Waals surface area contributed by atoms with Crippen LogP contribution in [0.1, 0.15) is 32.6 Å². The predicted molar refractivity (Wildman–Crippen MR) is 121 cm³/mol. The molecule has 156 valence electrons. The Morgan fingerprint density at radius 2 is 1.69 bits per heavy atom. The molecular weight excluding hydrogens is 404 g/mol. The minimum absolute atomic E-state index is 0.403. The van der Waals surface area contributed by atoms with E-state index in [-0.39, 0.29) is 0 Å². The Hall–Kier alpha value is -4.50. The Morgan fingerprint density at radius 3 is 2.28 bits per heavy atom. The molecule has 0 saturated carbocycles. The summed E-state index contributed by atoms with van der Waals surface area (Å²) >= 11 is 0. The molecule has 32 heavy (non-hydrogen) atoms. The smallest absolute Gasteiger partial charge is 0.337 e. The molecule has 1 aliphatic rings. The van der Waals surface area contributed by atoms with E-state index in [2.05, 4.69) is 6.07 Å². The van der Waals surface area contributed by atoms with Crippen molar-refractivity contribution in [2.45, 2.75) is 0 Å². The lowest BCUT2D eigenvalue weighted by Gasteiger charge is -2.09. The number of fused-ring (bicyclic) bond motifs is 1. The summed E-state index contributed by atoms with van der Waals surface area (Å²) in [5.74, 6) is 0.267. The Labute approximate surface area is 185 Å². The predicted octanol–water partition coefficient (Wildman–Crippen LogP) is 4.60. The first kappa shape index (κ1) is 20.8. The highest BCUT2D eigenvalue weighted by Gasteiger charge is 2.29. The summed E-state index contributed by atoms with van der Waals surface area (Å²) in [5, 5.41) is 9.33. The number of carbonyl (C=O) groups excluding carboxylic acids is 2. The number of aliphatic imine (C=N–C) groups is 1. The minimum atomic E-state index is -0.443. The molecule has 6 heteroatoms. The number of allylic oxidation sites excluding steroid dienone is 2. The van der Waals surface area contributed by atoms with Crippen LogP contribution < -0.4 is 4.74 Å². The number of rotatable bonds is 5. The molecular formula is C26H18N2O4. The Balaban J connectivity index is 1.92. The summed E-state index contributed by atoms with van der Waals surface area (Å²) in [6, 6.07) is 21.4. The van der Waals surface area contributed by atoms with E-state index in [1.807, 2.05) is 24.3 Å². The van der Waals surface area contributed by atoms with Gasteiger partial charge in [0, 0.05) is 16.7 Å². The van der Waals surface area contributed by atoms with E-state index < -0.39 is 5.97 Å². The van der Waals surface area contributed by atoms with Gasteiger partial charge in [0.15, 0.2) is 6.29 Å². The van der Waals surface area contributed by atoms with E-state index in [1.165, 1.54) is 7.11 Å². The molecule has 0 heterocycles. The third kappa shape index (κ3) is 3.68. The molecule has 0 spiro atoms. The third-order valence-corrected chi connectivity index (χ3v) is 5.23. The van der Waals surface area contributed by atoms with Crippen LogP contribution in [0.4, 0.5) is 5.69 Å². The van der Waals surface area contributed by atoms with Gasteiger partial charge in [-0.05, 0) is 59.7 Å². The maximum atomic E-state index is 12.2. The number of aldehydes is 1. The Kier molecular flexibility index (Phi) is 5.65. The van der Waals surface area contributed by atoms with E-state index in [0.29, 0.717) is 45.0 Å². The van der Waals surface area contributed by atoms with E-state index in [1.54, 1.807) is 49.6 Å². The number of carbonyl (C=O) groups is 2. The highest BCUT2D eigenvalue weighted by molar-refractivity contribution is 6.48. The average Bonchev–Trinajstić information content (AvgIpc) is 3.16. The fourth-order valence-corrected chi connectivity index (χ4v) is 3.65. The van der Waals surface area contributed by atoms with Crippen molar-refractivity contribution in [1.29, 1.82) is 5.26 Å². The molecule has 6 nitrogen and oxygen atoms in total. The van der Waals surface area contributed by atoms with Gasteiger partial charge in [-0.3, -0.25) is 4.79 Å². The number of hydrogen-bond donors (Lipinski definition) is 0. The van der Waals surface area contributed by atoms with Crippen LogP contribution in [0.5, 0.6) is 5.75 Å². The summed E-state index contributed by atoms with van der Waals surface area (Å²) in [4.78, 5) is 28.8. The zero-order chi connectivity index (χ0) is 22.7. The normalized spacial score (nSPS) is 13.5.